The Kier molecular flexibility index (Phi) is 6.13. The molecule has 0 saturated carbocycles. The van der Waals surface area contributed by atoms with E-state index in [4.69, 9.17) is 21.9 Å². The lowest BCUT2D eigenvalue weighted by atomic mass is 10.2. The number of hydrogen-bond acceptors (Lipinski definition) is 6. The molecular formula is C18H25N5O3. The maximum absolute atomic E-state index is 12.1. The smallest absolute Gasteiger partial charge is 0.322 e. The first-order chi connectivity index (χ1) is 12.3. The van der Waals surface area contributed by atoms with E-state index >= 15 is 0 Å². The van der Waals surface area contributed by atoms with E-state index < -0.39 is 12.3 Å². The van der Waals surface area contributed by atoms with Crippen molar-refractivity contribution in [1.82, 2.24) is 0 Å². The Hall–Kier alpha value is -3.13. The van der Waals surface area contributed by atoms with Gasteiger partial charge in [-0.2, -0.15) is 0 Å². The summed E-state index contributed by atoms with van der Waals surface area (Å²) < 4.78 is 5.89. The van der Waals surface area contributed by atoms with Gasteiger partial charge in [0.05, 0.1) is 11.4 Å². The van der Waals surface area contributed by atoms with Crippen LogP contribution in [-0.4, -0.2) is 38.1 Å². The molecule has 2 amide bonds. The molecule has 7 N–H and O–H groups in total. The van der Waals surface area contributed by atoms with Gasteiger partial charge >= 0.3 is 6.03 Å². The van der Waals surface area contributed by atoms with Gasteiger partial charge in [0.15, 0.2) is 6.23 Å². The number of nitrogen functional groups attached to an aromatic ring is 2. The maximum atomic E-state index is 12.1. The Labute approximate surface area is 152 Å². The molecular weight excluding hydrogens is 334 g/mol. The summed E-state index contributed by atoms with van der Waals surface area (Å²) in [5.74, 6) is 0.354. The van der Waals surface area contributed by atoms with E-state index in [-0.39, 0.29) is 13.0 Å². The van der Waals surface area contributed by atoms with E-state index in [0.717, 1.165) is 5.69 Å². The van der Waals surface area contributed by atoms with Crippen molar-refractivity contribution < 1.29 is 14.6 Å². The van der Waals surface area contributed by atoms with Crippen LogP contribution in [0.4, 0.5) is 27.5 Å². The van der Waals surface area contributed by atoms with Gasteiger partial charge in [-0.15, -0.1) is 0 Å². The molecule has 140 valence electrons. The lowest BCUT2D eigenvalue weighted by Gasteiger charge is -2.31. The molecule has 2 aromatic rings. The monoisotopic (exact) mass is 359 g/mol. The maximum Gasteiger partial charge on any atom is 0.322 e. The lowest BCUT2D eigenvalue weighted by molar-refractivity contribution is 0.152. The number of nitrogens with two attached hydrogens (primary N) is 3. The molecule has 0 bridgehead atoms. The molecule has 8 heteroatoms. The highest BCUT2D eigenvalue weighted by Gasteiger charge is 2.26. The summed E-state index contributed by atoms with van der Waals surface area (Å²) >= 11 is 0. The predicted octanol–water partition coefficient (Wildman–Crippen LogP) is 1.59. The van der Waals surface area contributed by atoms with Crippen molar-refractivity contribution in [3.8, 4) is 5.75 Å². The number of nitrogens with zero attached hydrogens (tertiary/aromatic N) is 2. The molecule has 8 nitrogen and oxygen atoms in total. The molecule has 0 spiro atoms. The summed E-state index contributed by atoms with van der Waals surface area (Å²) in [6, 6.07) is 11.4. The van der Waals surface area contributed by atoms with Crippen LogP contribution in [0.15, 0.2) is 42.5 Å². The van der Waals surface area contributed by atoms with Crippen molar-refractivity contribution in [2.75, 3.05) is 42.0 Å². The average molecular weight is 359 g/mol. The minimum atomic E-state index is -0.833. The van der Waals surface area contributed by atoms with E-state index in [9.17, 15) is 9.90 Å². The van der Waals surface area contributed by atoms with Crippen LogP contribution < -0.4 is 31.7 Å². The molecule has 26 heavy (non-hydrogen) atoms. The van der Waals surface area contributed by atoms with Gasteiger partial charge in [0.25, 0.3) is 0 Å². The van der Waals surface area contributed by atoms with Gasteiger partial charge in [-0.3, -0.25) is 4.90 Å². The summed E-state index contributed by atoms with van der Waals surface area (Å²) in [6.45, 7) is -0.198. The third-order valence-corrected chi connectivity index (χ3v) is 3.82. The van der Waals surface area contributed by atoms with Gasteiger partial charge in [0, 0.05) is 38.5 Å². The van der Waals surface area contributed by atoms with Crippen molar-refractivity contribution in [3.63, 3.8) is 0 Å². The fourth-order valence-corrected chi connectivity index (χ4v) is 2.53. The van der Waals surface area contributed by atoms with Crippen LogP contribution in [0.25, 0.3) is 0 Å². The number of hydrogen-bond donors (Lipinski definition) is 4. The summed E-state index contributed by atoms with van der Waals surface area (Å²) in [7, 11) is 3.79. The van der Waals surface area contributed by atoms with Crippen LogP contribution in [0.3, 0.4) is 0 Å². The molecule has 0 fully saturated rings. The van der Waals surface area contributed by atoms with E-state index in [1.54, 1.807) is 24.3 Å². The third kappa shape index (κ3) is 4.48. The van der Waals surface area contributed by atoms with Gasteiger partial charge in [-0.1, -0.05) is 6.07 Å². The third-order valence-electron chi connectivity index (χ3n) is 3.82. The Morgan fingerprint density at radius 3 is 2.42 bits per heavy atom. The number of benzene rings is 2. The van der Waals surface area contributed by atoms with Crippen LogP contribution in [0, 0.1) is 0 Å². The molecule has 1 unspecified atom stereocenters. The van der Waals surface area contributed by atoms with E-state index in [1.807, 2.05) is 37.2 Å². The molecule has 0 aliphatic carbocycles. The molecule has 1 atom stereocenters. The fraction of sp³-hybridized carbons (Fsp3) is 0.278. The summed E-state index contributed by atoms with van der Waals surface area (Å²) in [6.07, 6.45) is -0.681. The second-order valence-electron chi connectivity index (χ2n) is 6.00. The summed E-state index contributed by atoms with van der Waals surface area (Å²) in [5.41, 5.74) is 19.5. The number of rotatable bonds is 7. The normalized spacial score (nSPS) is 11.7. The van der Waals surface area contributed by atoms with Crippen molar-refractivity contribution >= 4 is 28.8 Å². The van der Waals surface area contributed by atoms with Crippen LogP contribution >= 0.6 is 0 Å². The summed E-state index contributed by atoms with van der Waals surface area (Å²) in [5, 5.41) is 9.43. The van der Waals surface area contributed by atoms with Crippen LogP contribution in [0.2, 0.25) is 0 Å². The fourth-order valence-electron chi connectivity index (χ4n) is 2.53. The Balaban J connectivity index is 2.39. The number of carbonyl (C=O) groups excluding carboxylic acids is 1. The highest BCUT2D eigenvalue weighted by molar-refractivity contribution is 5.91. The SMILES string of the molecule is CN(C)c1cccc(N(C(N)=O)C(CCO)Oc2ccc(N)cc2N)c1. The Morgan fingerprint density at radius 1 is 1.15 bits per heavy atom. The van der Waals surface area contributed by atoms with E-state index in [2.05, 4.69) is 0 Å². The second-order valence-corrected chi connectivity index (χ2v) is 6.00. The van der Waals surface area contributed by atoms with Crippen LogP contribution in [0.1, 0.15) is 6.42 Å². The zero-order valence-corrected chi connectivity index (χ0v) is 14.9. The first kappa shape index (κ1) is 19.2. The molecule has 0 aliphatic rings. The highest BCUT2D eigenvalue weighted by atomic mass is 16.5. The highest BCUT2D eigenvalue weighted by Crippen LogP contribution is 2.29. The number of amides is 2. The van der Waals surface area contributed by atoms with Crippen molar-refractivity contribution in [1.29, 1.82) is 0 Å². The quantitative estimate of drug-likeness (QED) is 0.438. The number of aliphatic hydroxyl groups excluding tert-OH is 1. The Bertz CT molecular complexity index is 766. The zero-order chi connectivity index (χ0) is 19.3. The second kappa shape index (κ2) is 8.30. The lowest BCUT2D eigenvalue weighted by Crippen LogP contribution is -2.47. The van der Waals surface area contributed by atoms with Gasteiger partial charge < -0.3 is 31.9 Å². The number of carbonyl (C=O) groups is 1. The molecule has 0 radical (unpaired) electrons. The zero-order valence-electron chi connectivity index (χ0n) is 14.9. The minimum absolute atomic E-state index is 0.152. The van der Waals surface area contributed by atoms with Gasteiger partial charge in [0.1, 0.15) is 5.75 Å². The van der Waals surface area contributed by atoms with Crippen LogP contribution in [-0.2, 0) is 0 Å². The van der Waals surface area contributed by atoms with Gasteiger partial charge in [0.2, 0.25) is 0 Å². The molecule has 2 aromatic carbocycles. The topological polar surface area (TPSA) is 131 Å². The number of primary amides is 1. The van der Waals surface area contributed by atoms with E-state index in [0.29, 0.717) is 22.8 Å². The Morgan fingerprint density at radius 2 is 1.85 bits per heavy atom. The number of aliphatic hydroxyl groups is 1. The first-order valence-corrected chi connectivity index (χ1v) is 8.12. The largest absolute Gasteiger partial charge is 0.468 e. The number of urea groups is 1. The summed E-state index contributed by atoms with van der Waals surface area (Å²) in [4.78, 5) is 15.3. The minimum Gasteiger partial charge on any atom is -0.468 e. The molecule has 0 heterocycles. The van der Waals surface area contributed by atoms with Gasteiger partial charge in [-0.25, -0.2) is 4.79 Å². The first-order valence-electron chi connectivity index (χ1n) is 8.12. The van der Waals surface area contributed by atoms with Gasteiger partial charge in [-0.05, 0) is 36.4 Å². The van der Waals surface area contributed by atoms with Crippen LogP contribution in [0.5, 0.6) is 5.75 Å². The predicted molar refractivity (Wildman–Crippen MR) is 104 cm³/mol. The average Bonchev–Trinajstić information content (AvgIpc) is 2.57. The molecule has 0 aromatic heterocycles. The molecule has 2 rings (SSSR count). The molecule has 0 saturated heterocycles. The van der Waals surface area contributed by atoms with E-state index in [1.165, 1.54) is 4.90 Å². The standard InChI is InChI=1S/C18H25N5O3/c1-22(2)13-4-3-5-14(11-13)23(18(21)25)17(8-9-24)26-16-7-6-12(19)10-15(16)20/h3-7,10-11,17,24H,8-9,19-20H2,1-2H3,(H2,21,25). The number of ether oxygens (including phenoxy) is 1. The van der Waals surface area contributed by atoms with Crippen molar-refractivity contribution in [2.45, 2.75) is 12.6 Å². The van der Waals surface area contributed by atoms with Crippen molar-refractivity contribution in [3.05, 3.63) is 42.5 Å². The number of anilines is 4. The molecule has 0 aliphatic heterocycles. The van der Waals surface area contributed by atoms with Crippen molar-refractivity contribution in [2.24, 2.45) is 5.73 Å².